The van der Waals surface area contributed by atoms with E-state index in [2.05, 4.69) is 27.3 Å². The maximum absolute atomic E-state index is 12.1. The fourth-order valence-corrected chi connectivity index (χ4v) is 4.10. The van der Waals surface area contributed by atoms with Crippen molar-refractivity contribution in [3.05, 3.63) is 30.1 Å². The van der Waals surface area contributed by atoms with E-state index >= 15 is 0 Å². The highest BCUT2D eigenvalue weighted by Gasteiger charge is 2.41. The molecule has 3 fully saturated rings. The molecule has 0 bridgehead atoms. The fourth-order valence-electron chi connectivity index (χ4n) is 4.10. The van der Waals surface area contributed by atoms with Crippen LogP contribution >= 0.6 is 0 Å². The van der Waals surface area contributed by atoms with E-state index < -0.39 is 0 Å². The van der Waals surface area contributed by atoms with E-state index in [1.54, 1.807) is 0 Å². The summed E-state index contributed by atoms with van der Waals surface area (Å²) < 4.78 is 5.99. The highest BCUT2D eigenvalue weighted by Crippen LogP contribution is 2.36. The number of nitrogens with one attached hydrogen (secondary N) is 1. The average molecular weight is 329 g/mol. The number of hydrogen-bond acceptors (Lipinski definition) is 4. The first-order valence-corrected chi connectivity index (χ1v) is 9.27. The normalized spacial score (nSPS) is 30.1. The SMILES string of the molecule is O=C(C[C@H]1OC[C@H]2CN(Cc3ccncc3)CC[C@H]21)NCC1CC1. The van der Waals surface area contributed by atoms with Crippen molar-refractivity contribution in [2.24, 2.45) is 17.8 Å². The van der Waals surface area contributed by atoms with Crippen molar-refractivity contribution in [1.29, 1.82) is 0 Å². The molecular weight excluding hydrogens is 302 g/mol. The van der Waals surface area contributed by atoms with Crippen LogP contribution in [-0.4, -0.2) is 48.1 Å². The summed E-state index contributed by atoms with van der Waals surface area (Å²) >= 11 is 0. The van der Waals surface area contributed by atoms with Crippen LogP contribution in [0.1, 0.15) is 31.2 Å². The number of fused-ring (bicyclic) bond motifs is 1. The Kier molecular flexibility index (Phi) is 4.81. The maximum atomic E-state index is 12.1. The fraction of sp³-hybridized carbons (Fsp3) is 0.684. The van der Waals surface area contributed by atoms with E-state index in [-0.39, 0.29) is 12.0 Å². The lowest BCUT2D eigenvalue weighted by Crippen LogP contribution is -2.42. The molecule has 0 radical (unpaired) electrons. The second kappa shape index (κ2) is 7.19. The van der Waals surface area contributed by atoms with E-state index in [4.69, 9.17) is 4.74 Å². The van der Waals surface area contributed by atoms with Gasteiger partial charge in [0.15, 0.2) is 0 Å². The molecule has 3 aliphatic rings. The molecule has 1 aliphatic carbocycles. The quantitative estimate of drug-likeness (QED) is 0.865. The Hall–Kier alpha value is -1.46. The van der Waals surface area contributed by atoms with E-state index in [1.807, 2.05) is 12.4 Å². The summed E-state index contributed by atoms with van der Waals surface area (Å²) in [6.45, 7) is 4.82. The van der Waals surface area contributed by atoms with Gasteiger partial charge in [0.2, 0.25) is 5.91 Å². The molecule has 24 heavy (non-hydrogen) atoms. The highest BCUT2D eigenvalue weighted by molar-refractivity contribution is 5.76. The molecule has 3 heterocycles. The molecular formula is C19H27N3O2. The van der Waals surface area contributed by atoms with Gasteiger partial charge in [-0.25, -0.2) is 0 Å². The molecule has 1 saturated carbocycles. The number of ether oxygens (including phenoxy) is 1. The summed E-state index contributed by atoms with van der Waals surface area (Å²) in [5, 5.41) is 3.07. The lowest BCUT2D eigenvalue weighted by Gasteiger charge is -2.35. The molecule has 130 valence electrons. The summed E-state index contributed by atoms with van der Waals surface area (Å²) in [5.41, 5.74) is 1.32. The summed E-state index contributed by atoms with van der Waals surface area (Å²) in [6.07, 6.45) is 8.07. The predicted molar refractivity (Wildman–Crippen MR) is 91.2 cm³/mol. The van der Waals surface area contributed by atoms with Gasteiger partial charge < -0.3 is 10.1 Å². The van der Waals surface area contributed by atoms with Gasteiger partial charge >= 0.3 is 0 Å². The zero-order valence-electron chi connectivity index (χ0n) is 14.2. The third-order valence-corrected chi connectivity index (χ3v) is 5.71. The lowest BCUT2D eigenvalue weighted by atomic mass is 9.83. The van der Waals surface area contributed by atoms with E-state index in [9.17, 15) is 4.79 Å². The Morgan fingerprint density at radius 3 is 2.92 bits per heavy atom. The van der Waals surface area contributed by atoms with Crippen LogP contribution in [0.2, 0.25) is 0 Å². The van der Waals surface area contributed by atoms with E-state index in [0.717, 1.165) is 45.1 Å². The number of nitrogens with zero attached hydrogens (tertiary/aromatic N) is 2. The summed E-state index contributed by atoms with van der Waals surface area (Å²) in [7, 11) is 0. The second-order valence-electron chi connectivity index (χ2n) is 7.63. The molecule has 5 heteroatoms. The Balaban J connectivity index is 1.25. The van der Waals surface area contributed by atoms with Gasteiger partial charge in [-0.1, -0.05) is 0 Å². The summed E-state index contributed by atoms with van der Waals surface area (Å²) in [4.78, 5) is 18.7. The number of carbonyl (C=O) groups excluding carboxylic acids is 1. The highest BCUT2D eigenvalue weighted by atomic mass is 16.5. The van der Waals surface area contributed by atoms with Crippen molar-refractivity contribution in [3.8, 4) is 0 Å². The Morgan fingerprint density at radius 1 is 1.29 bits per heavy atom. The molecule has 1 aromatic heterocycles. The second-order valence-corrected chi connectivity index (χ2v) is 7.63. The van der Waals surface area contributed by atoms with Crippen LogP contribution in [0.5, 0.6) is 0 Å². The molecule has 5 nitrogen and oxygen atoms in total. The van der Waals surface area contributed by atoms with Gasteiger partial charge in [0.05, 0.1) is 19.1 Å². The van der Waals surface area contributed by atoms with Crippen LogP contribution in [0.3, 0.4) is 0 Å². The molecule has 0 aromatic carbocycles. The van der Waals surface area contributed by atoms with Crippen molar-refractivity contribution >= 4 is 5.91 Å². The zero-order valence-corrected chi connectivity index (χ0v) is 14.2. The molecule has 4 rings (SSSR count). The third-order valence-electron chi connectivity index (χ3n) is 5.71. The molecule has 3 atom stereocenters. The first kappa shape index (κ1) is 16.0. The molecule has 2 aliphatic heterocycles. The van der Waals surface area contributed by atoms with Crippen LogP contribution in [0.4, 0.5) is 0 Å². The van der Waals surface area contributed by atoms with Gasteiger partial charge in [-0.3, -0.25) is 14.7 Å². The Bertz CT molecular complexity index is 561. The van der Waals surface area contributed by atoms with Crippen molar-refractivity contribution in [2.45, 2.75) is 38.3 Å². The Morgan fingerprint density at radius 2 is 2.12 bits per heavy atom. The molecule has 0 unspecified atom stereocenters. The zero-order chi connectivity index (χ0) is 16.4. The molecule has 2 saturated heterocycles. The number of aromatic nitrogens is 1. The van der Waals surface area contributed by atoms with Crippen molar-refractivity contribution in [1.82, 2.24) is 15.2 Å². The van der Waals surface area contributed by atoms with Crippen LogP contribution in [0.25, 0.3) is 0 Å². The summed E-state index contributed by atoms with van der Waals surface area (Å²) in [5.74, 6) is 2.03. The number of amides is 1. The standard InChI is InChI=1S/C19H27N3O2/c23-19(21-10-14-1-2-14)9-18-17-5-8-22(12-16(17)13-24-18)11-15-3-6-20-7-4-15/h3-4,6-7,14,16-18H,1-2,5,8-13H2,(H,21,23)/t16-,17-,18-/m1/s1. The summed E-state index contributed by atoms with van der Waals surface area (Å²) in [6, 6.07) is 4.18. The number of rotatable bonds is 6. The lowest BCUT2D eigenvalue weighted by molar-refractivity contribution is -0.123. The minimum absolute atomic E-state index is 0.122. The van der Waals surface area contributed by atoms with Crippen molar-refractivity contribution in [3.63, 3.8) is 0 Å². The molecule has 1 N–H and O–H groups in total. The largest absolute Gasteiger partial charge is 0.377 e. The average Bonchev–Trinajstić information content (AvgIpc) is 3.35. The maximum Gasteiger partial charge on any atom is 0.222 e. The Labute approximate surface area is 143 Å². The topological polar surface area (TPSA) is 54.5 Å². The molecule has 0 spiro atoms. The van der Waals surface area contributed by atoms with Gasteiger partial charge in [0, 0.05) is 37.9 Å². The minimum Gasteiger partial charge on any atom is -0.377 e. The number of carbonyl (C=O) groups is 1. The predicted octanol–water partition coefficient (Wildman–Crippen LogP) is 1.83. The van der Waals surface area contributed by atoms with Crippen LogP contribution in [0.15, 0.2) is 24.5 Å². The van der Waals surface area contributed by atoms with Crippen LogP contribution in [0, 0.1) is 17.8 Å². The number of hydrogen-bond donors (Lipinski definition) is 1. The first-order chi connectivity index (χ1) is 11.8. The minimum atomic E-state index is 0.122. The monoisotopic (exact) mass is 329 g/mol. The van der Waals surface area contributed by atoms with Crippen LogP contribution in [-0.2, 0) is 16.1 Å². The molecule has 1 aromatic rings. The van der Waals surface area contributed by atoms with Gasteiger partial charge in [-0.15, -0.1) is 0 Å². The van der Waals surface area contributed by atoms with Gasteiger partial charge in [0.25, 0.3) is 0 Å². The van der Waals surface area contributed by atoms with Gasteiger partial charge in [-0.05, 0) is 55.3 Å². The smallest absolute Gasteiger partial charge is 0.222 e. The van der Waals surface area contributed by atoms with Crippen LogP contribution < -0.4 is 5.32 Å². The number of piperidine rings is 1. The van der Waals surface area contributed by atoms with Gasteiger partial charge in [0.1, 0.15) is 0 Å². The first-order valence-electron chi connectivity index (χ1n) is 9.27. The van der Waals surface area contributed by atoms with Gasteiger partial charge in [-0.2, -0.15) is 0 Å². The van der Waals surface area contributed by atoms with Crippen molar-refractivity contribution < 1.29 is 9.53 Å². The number of likely N-dealkylation sites (tertiary alicyclic amines) is 1. The van der Waals surface area contributed by atoms with Crippen molar-refractivity contribution in [2.75, 3.05) is 26.2 Å². The number of pyridine rings is 1. The van der Waals surface area contributed by atoms with E-state index in [1.165, 1.54) is 18.4 Å². The third kappa shape index (κ3) is 3.95. The van der Waals surface area contributed by atoms with E-state index in [0.29, 0.717) is 18.3 Å². The molecule has 1 amide bonds.